The van der Waals surface area contributed by atoms with Crippen LogP contribution in [0.2, 0.25) is 0 Å². The fourth-order valence-electron chi connectivity index (χ4n) is 3.17. The average Bonchev–Trinajstić information content (AvgIpc) is 3.53. The number of nitrogens with one attached hydrogen (secondary N) is 2. The number of allylic oxidation sites excluding steroid dienone is 1. The molecular formula is C22H22N4O. The summed E-state index contributed by atoms with van der Waals surface area (Å²) in [5.41, 5.74) is 3.27. The number of hydrogen-bond donors (Lipinski definition) is 2. The molecule has 1 aliphatic carbocycles. The number of carbonyl (C=O) groups excluding carboxylic acids is 1. The van der Waals surface area contributed by atoms with E-state index < -0.39 is 0 Å². The van der Waals surface area contributed by atoms with Crippen molar-refractivity contribution in [2.45, 2.75) is 19.8 Å². The van der Waals surface area contributed by atoms with Gasteiger partial charge in [0.15, 0.2) is 0 Å². The first kappa shape index (κ1) is 17.2. The molecule has 5 nitrogen and oxygen atoms in total. The van der Waals surface area contributed by atoms with Crippen LogP contribution in [0.25, 0.3) is 22.4 Å². The predicted octanol–water partition coefficient (Wildman–Crippen LogP) is 4.58. The molecule has 0 radical (unpaired) electrons. The smallest absolute Gasteiger partial charge is 0.228 e. The van der Waals surface area contributed by atoms with Crippen molar-refractivity contribution >= 4 is 40.0 Å². The van der Waals surface area contributed by atoms with Crippen LogP contribution in [0, 0.1) is 5.92 Å². The molecule has 1 aliphatic rings. The molecule has 3 aromatic rings. The number of anilines is 2. The molecule has 1 fully saturated rings. The highest BCUT2D eigenvalue weighted by atomic mass is 16.2. The third-order valence-corrected chi connectivity index (χ3v) is 4.82. The lowest BCUT2D eigenvalue weighted by Crippen LogP contribution is -2.14. The molecule has 0 spiro atoms. The maximum absolute atomic E-state index is 12.1. The minimum absolute atomic E-state index is 0.0582. The summed E-state index contributed by atoms with van der Waals surface area (Å²) in [5.74, 6) is 1.56. The van der Waals surface area contributed by atoms with Crippen LogP contribution in [0.1, 0.15) is 30.9 Å². The summed E-state index contributed by atoms with van der Waals surface area (Å²) in [6.45, 7) is 2.07. The van der Waals surface area contributed by atoms with Gasteiger partial charge < -0.3 is 10.6 Å². The molecule has 0 aliphatic heterocycles. The van der Waals surface area contributed by atoms with Gasteiger partial charge in [-0.05, 0) is 42.4 Å². The molecule has 2 heterocycles. The normalized spacial score (nSPS) is 14.2. The van der Waals surface area contributed by atoms with Crippen LogP contribution in [0.15, 0.2) is 48.8 Å². The number of hydrogen-bond acceptors (Lipinski definition) is 4. The van der Waals surface area contributed by atoms with Crippen LogP contribution in [0.4, 0.5) is 11.6 Å². The van der Waals surface area contributed by atoms with Gasteiger partial charge in [0.2, 0.25) is 5.91 Å². The summed E-state index contributed by atoms with van der Waals surface area (Å²) in [4.78, 5) is 21.1. The van der Waals surface area contributed by atoms with Crippen LogP contribution in [-0.2, 0) is 4.79 Å². The van der Waals surface area contributed by atoms with Crippen molar-refractivity contribution in [2.24, 2.45) is 5.92 Å². The molecule has 4 rings (SSSR count). The molecule has 1 aromatic carbocycles. The first-order chi connectivity index (χ1) is 13.2. The third-order valence-electron chi connectivity index (χ3n) is 4.82. The minimum Gasteiger partial charge on any atom is -0.373 e. The number of benzene rings is 1. The molecule has 0 unspecified atom stereocenters. The number of fused-ring (bicyclic) bond motifs is 1. The van der Waals surface area contributed by atoms with E-state index in [4.69, 9.17) is 0 Å². The molecule has 27 heavy (non-hydrogen) atoms. The third kappa shape index (κ3) is 3.67. The Balaban J connectivity index is 1.78. The molecule has 1 saturated carbocycles. The minimum atomic E-state index is 0.0582. The Morgan fingerprint density at radius 3 is 2.59 bits per heavy atom. The molecule has 0 bridgehead atoms. The number of carbonyl (C=O) groups is 1. The van der Waals surface area contributed by atoms with Gasteiger partial charge in [-0.2, -0.15) is 0 Å². The second kappa shape index (κ2) is 7.19. The molecule has 136 valence electrons. The molecular weight excluding hydrogens is 336 g/mol. The summed E-state index contributed by atoms with van der Waals surface area (Å²) in [5, 5.41) is 8.00. The Bertz CT molecular complexity index is 1020. The molecule has 0 atom stereocenters. The highest BCUT2D eigenvalue weighted by Crippen LogP contribution is 2.33. The fourth-order valence-corrected chi connectivity index (χ4v) is 3.17. The first-order valence-electron chi connectivity index (χ1n) is 9.17. The summed E-state index contributed by atoms with van der Waals surface area (Å²) in [7, 11) is 1.84. The Morgan fingerprint density at radius 1 is 1.11 bits per heavy atom. The van der Waals surface area contributed by atoms with Crippen molar-refractivity contribution in [3.05, 3.63) is 59.9 Å². The van der Waals surface area contributed by atoms with Gasteiger partial charge in [0.1, 0.15) is 11.6 Å². The summed E-state index contributed by atoms with van der Waals surface area (Å²) in [6.07, 6.45) is 7.72. The van der Waals surface area contributed by atoms with Crippen molar-refractivity contribution in [1.29, 1.82) is 0 Å². The number of nitrogens with zero attached hydrogens (tertiary/aromatic N) is 2. The Kier molecular flexibility index (Phi) is 4.59. The first-order valence-corrected chi connectivity index (χ1v) is 9.17. The molecule has 1 amide bonds. The Labute approximate surface area is 158 Å². The molecule has 0 saturated heterocycles. The van der Waals surface area contributed by atoms with E-state index in [9.17, 15) is 4.79 Å². The second-order valence-corrected chi connectivity index (χ2v) is 6.89. The van der Waals surface area contributed by atoms with Crippen LogP contribution < -0.4 is 10.6 Å². The van der Waals surface area contributed by atoms with Gasteiger partial charge in [0.25, 0.3) is 0 Å². The van der Waals surface area contributed by atoms with Gasteiger partial charge in [0, 0.05) is 36.3 Å². The van der Waals surface area contributed by atoms with E-state index in [1.807, 2.05) is 37.5 Å². The zero-order valence-corrected chi connectivity index (χ0v) is 15.5. The van der Waals surface area contributed by atoms with Gasteiger partial charge in [-0.3, -0.25) is 4.79 Å². The largest absolute Gasteiger partial charge is 0.373 e. The maximum atomic E-state index is 12.1. The quantitative estimate of drug-likeness (QED) is 0.700. The van der Waals surface area contributed by atoms with E-state index in [0.717, 1.165) is 46.1 Å². The average molecular weight is 358 g/mol. The van der Waals surface area contributed by atoms with Gasteiger partial charge in [-0.25, -0.2) is 9.97 Å². The molecule has 2 N–H and O–H groups in total. The van der Waals surface area contributed by atoms with Gasteiger partial charge in [0.05, 0.1) is 0 Å². The Hall–Kier alpha value is -3.21. The number of pyridine rings is 2. The summed E-state index contributed by atoms with van der Waals surface area (Å²) >= 11 is 0. The molecule has 2 aromatic heterocycles. The number of rotatable bonds is 5. The number of aromatic nitrogens is 2. The van der Waals surface area contributed by atoms with Gasteiger partial charge in [-0.15, -0.1) is 0 Å². The van der Waals surface area contributed by atoms with Crippen molar-refractivity contribution in [1.82, 2.24) is 9.97 Å². The van der Waals surface area contributed by atoms with Crippen LogP contribution in [0.3, 0.4) is 0 Å². The monoisotopic (exact) mass is 358 g/mol. The van der Waals surface area contributed by atoms with Crippen LogP contribution >= 0.6 is 0 Å². The summed E-state index contributed by atoms with van der Waals surface area (Å²) in [6, 6.07) is 12.1. The summed E-state index contributed by atoms with van der Waals surface area (Å²) < 4.78 is 0. The van der Waals surface area contributed by atoms with Crippen molar-refractivity contribution in [3.8, 4) is 0 Å². The Morgan fingerprint density at radius 2 is 1.89 bits per heavy atom. The fraction of sp³-hybridized carbons (Fsp3) is 0.227. The van der Waals surface area contributed by atoms with Gasteiger partial charge in [-0.1, -0.05) is 36.4 Å². The van der Waals surface area contributed by atoms with E-state index in [0.29, 0.717) is 5.82 Å². The van der Waals surface area contributed by atoms with E-state index in [2.05, 4.69) is 45.7 Å². The van der Waals surface area contributed by atoms with E-state index in [1.54, 1.807) is 6.20 Å². The lowest BCUT2D eigenvalue weighted by Gasteiger charge is -2.12. The molecule has 5 heteroatoms. The van der Waals surface area contributed by atoms with E-state index in [-0.39, 0.29) is 11.8 Å². The van der Waals surface area contributed by atoms with Crippen molar-refractivity contribution in [3.63, 3.8) is 0 Å². The highest BCUT2D eigenvalue weighted by Gasteiger charge is 2.29. The second-order valence-electron chi connectivity index (χ2n) is 6.89. The maximum Gasteiger partial charge on any atom is 0.228 e. The van der Waals surface area contributed by atoms with Crippen molar-refractivity contribution in [2.75, 3.05) is 17.7 Å². The zero-order valence-electron chi connectivity index (χ0n) is 15.5. The SMILES string of the molecule is CNc1ncc(/C(C)=C/c2ccccc2)c2cc(NC(=O)C3CC3)ncc12. The van der Waals surface area contributed by atoms with Gasteiger partial charge >= 0.3 is 0 Å². The van der Waals surface area contributed by atoms with Crippen LogP contribution in [0.5, 0.6) is 0 Å². The van der Waals surface area contributed by atoms with E-state index in [1.165, 1.54) is 0 Å². The predicted molar refractivity (Wildman–Crippen MR) is 110 cm³/mol. The highest BCUT2D eigenvalue weighted by molar-refractivity contribution is 6.03. The standard InChI is InChI=1S/C22H22N4O/c1-14(10-15-6-4-3-5-7-15)18-12-25-21(23-2)19-13-24-20(11-17(18)19)26-22(27)16-8-9-16/h3-7,10-13,16H,8-9H2,1-2H3,(H,23,25)(H,24,26,27)/b14-10+. The van der Waals surface area contributed by atoms with Crippen molar-refractivity contribution < 1.29 is 4.79 Å². The zero-order chi connectivity index (χ0) is 18.8. The lowest BCUT2D eigenvalue weighted by molar-refractivity contribution is -0.117. The lowest BCUT2D eigenvalue weighted by atomic mass is 10.0. The topological polar surface area (TPSA) is 66.9 Å². The van der Waals surface area contributed by atoms with E-state index >= 15 is 0 Å². The number of amides is 1. The van der Waals surface area contributed by atoms with Crippen LogP contribution in [-0.4, -0.2) is 22.9 Å².